The van der Waals surface area contributed by atoms with Crippen LogP contribution in [0.3, 0.4) is 0 Å². The van der Waals surface area contributed by atoms with Gasteiger partial charge in [-0.2, -0.15) is 0 Å². The van der Waals surface area contributed by atoms with Gasteiger partial charge in [0, 0.05) is 87.3 Å². The van der Waals surface area contributed by atoms with Crippen LogP contribution in [-0.4, -0.2) is 138 Å². The molecule has 0 bridgehead atoms. The molecule has 0 spiro atoms. The number of carbonyl (C=O) groups excluding carboxylic acids is 10. The van der Waals surface area contributed by atoms with E-state index in [1.54, 1.807) is 46.4 Å². The van der Waals surface area contributed by atoms with Gasteiger partial charge < -0.3 is 50.8 Å². The average molecular weight is 1510 g/mol. The summed E-state index contributed by atoms with van der Waals surface area (Å²) < 4.78 is 0. The van der Waals surface area contributed by atoms with Gasteiger partial charge in [0.1, 0.15) is 24.2 Å². The number of fused-ring (bicyclic) bond motifs is 2. The monoisotopic (exact) mass is 1510 g/mol. The number of H-pyrrole nitrogens is 2. The Morgan fingerprint density at radius 3 is 1.04 bits per heavy atom. The average Bonchev–Trinajstić information content (AvgIpc) is 1.66. The summed E-state index contributed by atoms with van der Waals surface area (Å²) in [5.74, 6) is -1.20. The first-order valence-electron chi connectivity index (χ1n) is 38.1. The Labute approximate surface area is 652 Å². The number of rotatable bonds is 19. The molecule has 0 unspecified atom stereocenters. The number of halogens is 1. The van der Waals surface area contributed by atoms with Gasteiger partial charge in [0.2, 0.25) is 52.5 Å². The minimum atomic E-state index is -0.739. The predicted molar refractivity (Wildman–Crippen MR) is 436 cm³/mol. The van der Waals surface area contributed by atoms with Gasteiger partial charge in [-0.25, -0.2) is 0 Å². The van der Waals surface area contributed by atoms with Crippen molar-refractivity contribution < 1.29 is 47.9 Å². The number of likely N-dealkylation sites (tertiary alicyclic amines) is 4. The number of Topliss-reactive ketones (excluding diaryl/α,β-unsaturated/α-hetero) is 1. The number of nitrogens with zero attached hydrogens (tertiary/aromatic N) is 4. The van der Waals surface area contributed by atoms with Crippen molar-refractivity contribution in [3.63, 3.8) is 0 Å². The van der Waals surface area contributed by atoms with Crippen LogP contribution < -0.4 is 21.3 Å². The zero-order valence-corrected chi connectivity index (χ0v) is 64.3. The molecule has 6 N–H and O–H groups in total. The molecule has 10 aromatic rings. The molecule has 4 aliphatic heterocycles. The van der Waals surface area contributed by atoms with Crippen LogP contribution in [0.25, 0.3) is 44.3 Å². The smallest absolute Gasteiger partial charge is 0.247 e. The van der Waals surface area contributed by atoms with Gasteiger partial charge in [0.15, 0.2) is 5.78 Å². The summed E-state index contributed by atoms with van der Waals surface area (Å²) in [5, 5.41) is 13.4. The van der Waals surface area contributed by atoms with E-state index >= 15 is 0 Å². The minimum Gasteiger partial charge on any atom is -0.355 e. The summed E-state index contributed by atoms with van der Waals surface area (Å²) in [5.41, 5.74) is 10.5. The molecule has 0 saturated carbocycles. The summed E-state index contributed by atoms with van der Waals surface area (Å²) in [6.45, 7) is 13.1. The molecule has 21 heteroatoms. The molecule has 572 valence electrons. The molecule has 2 aromatic heterocycles. The third-order valence-corrected chi connectivity index (χ3v) is 21.2. The zero-order chi connectivity index (χ0) is 78.5. The number of aromatic amines is 2. The largest absolute Gasteiger partial charge is 0.355 e. The van der Waals surface area contributed by atoms with Crippen LogP contribution >= 0.6 is 11.6 Å². The van der Waals surface area contributed by atoms with Gasteiger partial charge in [0.05, 0.1) is 36.9 Å². The van der Waals surface area contributed by atoms with Crippen molar-refractivity contribution in [1.29, 1.82) is 0 Å². The third kappa shape index (κ3) is 19.8. The van der Waals surface area contributed by atoms with E-state index in [-0.39, 0.29) is 89.4 Å². The Hall–Kier alpha value is -11.8. The number of carbonyl (C=O) groups is 10. The highest BCUT2D eigenvalue weighted by Crippen LogP contribution is 2.37. The van der Waals surface area contributed by atoms with E-state index in [0.717, 1.165) is 86.9 Å². The quantitative estimate of drug-likeness (QED) is 0.0329. The Morgan fingerprint density at radius 1 is 0.369 bits per heavy atom. The molecule has 4 fully saturated rings. The maximum absolute atomic E-state index is 14.0. The maximum atomic E-state index is 14.0. The first-order chi connectivity index (χ1) is 53.3. The van der Waals surface area contributed by atoms with Gasteiger partial charge in [-0.3, -0.25) is 47.9 Å². The highest BCUT2D eigenvalue weighted by atomic mass is 35.5. The second kappa shape index (κ2) is 35.3. The highest BCUT2D eigenvalue weighted by Gasteiger charge is 2.39. The molecular weight excluding hydrogens is 1420 g/mol. The molecule has 0 aliphatic carbocycles. The molecular formula is C90H95ClN10O10. The lowest BCUT2D eigenvalue weighted by atomic mass is 9.84. The van der Waals surface area contributed by atoms with Crippen LogP contribution in [0.5, 0.6) is 0 Å². The number of ketones is 1. The SMILES string of the molecule is CC(C)(C)C(=O)Cl.CC(C)(C)C(=O)c1c(NC(=O)[C@@H]2CCCN2C(=O)Cc2ccccc2)ccc2[nH]c(-c3ccc(NC(=O)[C@@H]4CCCN4C(=O)Cc4ccccc4)cc3)cc12.O=C(Nc1ccc(-c2cc3cc(NC(=O)[C@@H]4CCCN4C(=O)Cc4ccccc4)ccc3[nH]2)cc1)[C@@H]1CCCN1C(=O)Cc1ccccc1. The van der Waals surface area contributed by atoms with E-state index in [9.17, 15) is 47.9 Å². The van der Waals surface area contributed by atoms with Crippen LogP contribution in [0, 0.1) is 10.8 Å². The van der Waals surface area contributed by atoms with E-state index in [1.165, 1.54) is 0 Å². The van der Waals surface area contributed by atoms with Gasteiger partial charge in [-0.05, 0) is 163 Å². The summed E-state index contributed by atoms with van der Waals surface area (Å²) in [6, 6.07) is 64.5. The molecule has 14 rings (SSSR count). The number of hydrogen-bond acceptors (Lipinski definition) is 10. The first kappa shape index (κ1) is 78.8. The topological polar surface area (TPSA) is 263 Å². The van der Waals surface area contributed by atoms with Crippen LogP contribution in [0.1, 0.15) is 126 Å². The Kier molecular flexibility index (Phi) is 25.0. The Balaban J connectivity index is 0.000000191. The van der Waals surface area contributed by atoms with E-state index in [1.807, 2.05) is 227 Å². The summed E-state index contributed by atoms with van der Waals surface area (Å²) in [6.07, 6.45) is 6.60. The van der Waals surface area contributed by atoms with Gasteiger partial charge >= 0.3 is 0 Å². The van der Waals surface area contributed by atoms with Gasteiger partial charge in [0.25, 0.3) is 0 Å². The zero-order valence-electron chi connectivity index (χ0n) is 63.6. The molecule has 6 heterocycles. The fraction of sp³-hybridized carbons (Fsp3) is 0.311. The maximum Gasteiger partial charge on any atom is 0.247 e. The molecule has 4 atom stereocenters. The van der Waals surface area contributed by atoms with E-state index in [2.05, 4.69) is 31.2 Å². The lowest BCUT2D eigenvalue weighted by Crippen LogP contribution is -2.44. The van der Waals surface area contributed by atoms with Crippen molar-refractivity contribution in [1.82, 2.24) is 29.6 Å². The van der Waals surface area contributed by atoms with E-state index in [4.69, 9.17) is 11.6 Å². The number of hydrogen-bond donors (Lipinski definition) is 6. The van der Waals surface area contributed by atoms with E-state index in [0.29, 0.717) is 85.6 Å². The third-order valence-electron chi connectivity index (χ3n) is 20.7. The number of benzene rings is 8. The summed E-state index contributed by atoms with van der Waals surface area (Å²) >= 11 is 5.11. The van der Waals surface area contributed by atoms with Crippen LogP contribution in [0.4, 0.5) is 22.7 Å². The van der Waals surface area contributed by atoms with Crippen molar-refractivity contribution in [2.24, 2.45) is 10.8 Å². The van der Waals surface area contributed by atoms with Crippen LogP contribution in [-0.2, 0) is 68.8 Å². The minimum absolute atomic E-state index is 0.0322. The first-order valence-corrected chi connectivity index (χ1v) is 38.5. The highest BCUT2D eigenvalue weighted by molar-refractivity contribution is 6.64. The van der Waals surface area contributed by atoms with Crippen molar-refractivity contribution in [2.45, 2.75) is 143 Å². The molecule has 111 heavy (non-hydrogen) atoms. The van der Waals surface area contributed by atoms with Crippen molar-refractivity contribution >= 4 is 114 Å². The standard InChI is InChI=1S/C45H47N5O5.C40H39N5O4.C5H9ClO/c1-45(2,3)42(53)41-33-28-36(31-18-20-32(21-19-31)46-43(54)37-16-10-24-49(37)39(51)26-29-12-6-4-7-13-29)47-34(33)22-23-35(41)48-44(55)38-17-11-25-50(38)40(52)27-30-14-8-5-9-15-30;46-37(23-27-9-3-1-4-10-27)44-21-7-13-35(44)39(48)41-31-17-15-29(16-18-31)34-26-30-25-32(19-20-33(30)43-34)42-40(49)36-14-8-22-45(36)38(47)24-28-11-5-2-6-12-28;1-5(2,3)4(6)7/h4-9,12-15,18-23,28,37-38,47H,10-11,16-17,24-27H2,1-3H3,(H,46,54)(H,48,55);1-6,9-12,15-20,25-26,35-36,43H,7-8,13-14,21-24H2,(H,41,48)(H,42,49);1-3H3/t37-,38-;35-,36-;/m00./s1. The molecule has 8 aromatic carbocycles. The number of anilines is 4. The Bertz CT molecular complexity index is 5030. The molecule has 0 radical (unpaired) electrons. The number of aromatic nitrogens is 2. The predicted octanol–water partition coefficient (Wildman–Crippen LogP) is 15.4. The van der Waals surface area contributed by atoms with E-state index < -0.39 is 29.6 Å². The fourth-order valence-electron chi connectivity index (χ4n) is 14.6. The second-order valence-corrected chi connectivity index (χ2v) is 31.3. The van der Waals surface area contributed by atoms with Crippen molar-refractivity contribution in [3.8, 4) is 22.5 Å². The second-order valence-electron chi connectivity index (χ2n) is 31.0. The lowest BCUT2D eigenvalue weighted by molar-refractivity contribution is -0.136. The summed E-state index contributed by atoms with van der Waals surface area (Å²) in [4.78, 5) is 144. The molecule has 4 aliphatic rings. The summed E-state index contributed by atoms with van der Waals surface area (Å²) in [7, 11) is 0. The van der Waals surface area contributed by atoms with Crippen LogP contribution in [0.2, 0.25) is 0 Å². The Morgan fingerprint density at radius 2 is 0.685 bits per heavy atom. The van der Waals surface area contributed by atoms with Gasteiger partial charge in [-0.1, -0.05) is 187 Å². The van der Waals surface area contributed by atoms with Crippen molar-refractivity contribution in [2.75, 3.05) is 47.4 Å². The number of amides is 8. The fourth-order valence-corrected chi connectivity index (χ4v) is 14.6. The molecule has 20 nitrogen and oxygen atoms in total. The molecule has 4 saturated heterocycles. The van der Waals surface area contributed by atoms with Crippen molar-refractivity contribution in [3.05, 3.63) is 240 Å². The lowest BCUT2D eigenvalue weighted by Gasteiger charge is -2.25. The van der Waals surface area contributed by atoms with Gasteiger partial charge in [-0.15, -0.1) is 0 Å². The normalized spacial score (nSPS) is 16.8. The van der Waals surface area contributed by atoms with Crippen LogP contribution in [0.15, 0.2) is 212 Å². The molecule has 8 amide bonds. The number of nitrogens with one attached hydrogen (secondary N) is 6.